The molecule has 0 unspecified atom stereocenters. The van der Waals surface area contributed by atoms with Crippen LogP contribution in [-0.2, 0) is 11.9 Å². The molecule has 47 heavy (non-hydrogen) atoms. The summed E-state index contributed by atoms with van der Waals surface area (Å²) >= 11 is 12.4. The first-order chi connectivity index (χ1) is 21.6. The third-order valence-corrected chi connectivity index (χ3v) is 4.72. The molecule has 0 atom stereocenters. The van der Waals surface area contributed by atoms with Gasteiger partial charge in [0.1, 0.15) is 38.9 Å². The maximum atomic E-state index is 12.9. The van der Waals surface area contributed by atoms with E-state index in [4.69, 9.17) is 27.4 Å². The maximum absolute atomic E-state index is 12.9. The molecule has 0 aromatic heterocycles. The van der Waals surface area contributed by atoms with Crippen LogP contribution in [0.5, 0.6) is 0 Å². The zero-order chi connectivity index (χ0) is 36.4. The van der Waals surface area contributed by atoms with Gasteiger partial charge in [0, 0.05) is 32.8 Å². The second-order valence-corrected chi connectivity index (χ2v) is 22.8. The van der Waals surface area contributed by atoms with E-state index in [1.807, 2.05) is 0 Å². The molecule has 0 heterocycles. The fourth-order valence-electron chi connectivity index (χ4n) is 2.38. The molecule has 0 aliphatic heterocycles. The number of aliphatic hydroxyl groups excluding tert-OH is 2. The van der Waals surface area contributed by atoms with Crippen LogP contribution in [-0.4, -0.2) is 31.5 Å². The Morgan fingerprint density at radius 3 is 1.21 bits per heavy atom. The van der Waals surface area contributed by atoms with Crippen molar-refractivity contribution in [1.29, 1.82) is 15.8 Å². The predicted molar refractivity (Wildman–Crippen MR) is 182 cm³/mol. The molecule has 2 N–H and O–H groups in total. The Morgan fingerprint density at radius 2 is 1.02 bits per heavy atom. The number of hydrogen-bond acceptors (Lipinski definition) is 6. The van der Waals surface area contributed by atoms with Crippen LogP contribution < -0.4 is 29.6 Å². The van der Waals surface area contributed by atoms with Crippen molar-refractivity contribution in [3.8, 4) is 18.2 Å². The molecular formula is C28H25BBr4F6N3NaO3P. The minimum Gasteiger partial charge on any atom is -1.00 e. The molecule has 19 heteroatoms. The average molecular weight is 951 g/mol. The van der Waals surface area contributed by atoms with Crippen LogP contribution in [0, 0.1) is 68.9 Å². The van der Waals surface area contributed by atoms with Crippen molar-refractivity contribution < 1.29 is 73.7 Å². The van der Waals surface area contributed by atoms with E-state index in [-0.39, 0.29) is 83.9 Å². The van der Waals surface area contributed by atoms with Crippen LogP contribution in [0.4, 0.5) is 26.3 Å². The molecule has 0 amide bonds. The first-order valence-corrected chi connectivity index (χ1v) is 20.1. The summed E-state index contributed by atoms with van der Waals surface area (Å²) in [6.07, 6.45) is 0.0752. The number of rotatable bonds is 3. The summed E-state index contributed by atoms with van der Waals surface area (Å²) in [4.78, 5) is 10.1. The van der Waals surface area contributed by atoms with Gasteiger partial charge < -0.3 is 11.6 Å². The molecule has 0 saturated carbocycles. The number of alkyl halides is 1. The smallest absolute Gasteiger partial charge is 1.00 e. The minimum absolute atomic E-state index is 0. The summed E-state index contributed by atoms with van der Waals surface area (Å²) in [5, 5.41) is 41.1. The van der Waals surface area contributed by atoms with Crippen molar-refractivity contribution in [2.24, 2.45) is 0 Å². The van der Waals surface area contributed by atoms with Crippen molar-refractivity contribution in [3.63, 3.8) is 0 Å². The number of halogens is 10. The van der Waals surface area contributed by atoms with Crippen molar-refractivity contribution in [3.05, 3.63) is 105 Å². The van der Waals surface area contributed by atoms with Crippen LogP contribution >= 0.6 is 66.4 Å². The molecule has 3 aromatic rings. The predicted octanol–water partition coefficient (Wildman–Crippen LogP) is 6.87. The summed E-state index contributed by atoms with van der Waals surface area (Å²) in [5.74, 6) is -5.20. The molecule has 0 aliphatic rings. The number of hydrogen-bond donors (Lipinski definition) is 2. The summed E-state index contributed by atoms with van der Waals surface area (Å²) in [5.41, 5.74) is -1.34. The van der Waals surface area contributed by atoms with E-state index in [0.717, 1.165) is 36.4 Å². The van der Waals surface area contributed by atoms with Gasteiger partial charge in [-0.05, 0) is 89.8 Å². The minimum atomic E-state index is -1.01. The van der Waals surface area contributed by atoms with Gasteiger partial charge in [-0.2, -0.15) is 15.8 Å². The van der Waals surface area contributed by atoms with Gasteiger partial charge in [-0.3, -0.25) is 4.79 Å². The molecule has 6 nitrogen and oxygen atoms in total. The molecule has 3 radical (unpaired) electrons. The number of benzene rings is 3. The first-order valence-electron chi connectivity index (χ1n) is 12.3. The van der Waals surface area contributed by atoms with Crippen molar-refractivity contribution in [2.45, 2.75) is 32.7 Å². The average Bonchev–Trinajstić information content (AvgIpc) is 2.97. The summed E-state index contributed by atoms with van der Waals surface area (Å²) in [6, 6.07) is 10.2. The zero-order valence-corrected chi connectivity index (χ0v) is 34.1. The fourth-order valence-corrected chi connectivity index (χ4v) is 2.91. The number of aldehydes is 1. The van der Waals surface area contributed by atoms with Crippen LogP contribution in [0.1, 0.15) is 61.7 Å². The Bertz CT molecular complexity index is 1380. The molecule has 3 rings (SSSR count). The van der Waals surface area contributed by atoms with E-state index in [9.17, 15) is 31.1 Å². The van der Waals surface area contributed by atoms with E-state index in [2.05, 4.69) is 62.4 Å². The second-order valence-electron chi connectivity index (χ2n) is 6.94. The van der Waals surface area contributed by atoms with E-state index < -0.39 is 52.6 Å². The van der Waals surface area contributed by atoms with Gasteiger partial charge in [-0.25, -0.2) is 26.3 Å². The number of nitriles is 3. The molecule has 0 fully saturated rings. The Labute approximate surface area is 330 Å². The Hall–Kier alpha value is -1.29. The molecule has 0 saturated heterocycles. The number of carbonyl (C=O) groups excluding carboxylic acids is 1. The van der Waals surface area contributed by atoms with E-state index >= 15 is 0 Å². The summed E-state index contributed by atoms with van der Waals surface area (Å²) in [7, 11) is 0. The summed E-state index contributed by atoms with van der Waals surface area (Å²) in [6.45, 7) is 3.52. The number of nitrogens with zero attached hydrogens (tertiary/aromatic N) is 3. The maximum Gasteiger partial charge on any atom is 1.00 e. The topological polar surface area (TPSA) is 129 Å². The Kier molecular flexibility index (Phi) is 37.1. The third-order valence-electron chi connectivity index (χ3n) is 4.16. The molecular weight excluding hydrogens is 925 g/mol. The first kappa shape index (κ1) is 52.5. The van der Waals surface area contributed by atoms with Gasteiger partial charge in [-0.15, -0.1) is 0 Å². The van der Waals surface area contributed by atoms with Gasteiger partial charge >= 0.3 is 29.6 Å². The second kappa shape index (κ2) is 33.2. The summed E-state index contributed by atoms with van der Waals surface area (Å²) < 4.78 is 82.6. The Balaban J connectivity index is -0.000000121. The van der Waals surface area contributed by atoms with Crippen LogP contribution in [0.2, 0.25) is 0 Å². The zero-order valence-electron chi connectivity index (χ0n) is 26.8. The quantitative estimate of drug-likeness (QED) is 0.0971. The van der Waals surface area contributed by atoms with Crippen molar-refractivity contribution in [2.75, 3.05) is 6.61 Å². The SMILES string of the molecule is BrP(Br)Br.CCO.N#Cc1cc(F)c(C=O)c(F)c1.N#Cc1cc(F)c(CBr)c(F)c1.N#Cc1cc(F)c(CO)c(F)c1.[2H]CC.[B].[H-].[Na+]. The van der Waals surface area contributed by atoms with Crippen molar-refractivity contribution >= 4 is 81.1 Å². The molecule has 0 aliphatic carbocycles. The standard InChI is InChI=1S/C8H4BrF2N.C8H5F2NO.C8H3F2NO.C2H6O.C2H6.B.Br3P.Na.H/c9-3-6-7(10)1-5(4-12)2-8(6)11;2*9-7-1-5(3-11)2-8(10)6(7)4-12;1-2-3;1-2;;1-4(2)3;;/h1-2H,3H2;1-2,12H,4H2;1-2,4H;3H,2H2,1H3;1-2H3;;;;/q;;;;;;;+1;-1/i;;;;1D;;;;. The third kappa shape index (κ3) is 23.7. The van der Waals surface area contributed by atoms with Gasteiger partial charge in [0.2, 0.25) is 0 Å². The normalized spacial score (nSPS) is 8.72. The van der Waals surface area contributed by atoms with Crippen LogP contribution in [0.15, 0.2) is 36.4 Å². The Morgan fingerprint density at radius 1 is 0.787 bits per heavy atom. The van der Waals surface area contributed by atoms with Crippen LogP contribution in [0.3, 0.4) is 0 Å². The monoisotopic (exact) mass is 947 g/mol. The molecule has 249 valence electrons. The molecule has 0 bridgehead atoms. The van der Waals surface area contributed by atoms with Gasteiger partial charge in [0.05, 0.1) is 47.1 Å². The van der Waals surface area contributed by atoms with Crippen LogP contribution in [0.25, 0.3) is 0 Å². The van der Waals surface area contributed by atoms with E-state index in [1.165, 1.54) is 0 Å². The van der Waals surface area contributed by atoms with Gasteiger partial charge in [-0.1, -0.05) is 29.8 Å². The van der Waals surface area contributed by atoms with Gasteiger partial charge in [0.15, 0.2) is 6.29 Å². The van der Waals surface area contributed by atoms with Gasteiger partial charge in [0.25, 0.3) is 0 Å². The molecule has 3 aromatic carbocycles. The fraction of sp³-hybridized carbons (Fsp3) is 0.214. The number of carbonyl (C=O) groups is 1. The van der Waals surface area contributed by atoms with Crippen molar-refractivity contribution in [1.82, 2.24) is 0 Å². The van der Waals surface area contributed by atoms with E-state index in [0.29, 0.717) is 6.90 Å². The largest absolute Gasteiger partial charge is 1.00 e. The molecule has 0 spiro atoms. The number of aliphatic hydroxyl groups is 2. The van der Waals surface area contributed by atoms with E-state index in [1.54, 1.807) is 32.1 Å².